The van der Waals surface area contributed by atoms with Crippen LogP contribution in [0.1, 0.15) is 43.4 Å². The Morgan fingerprint density at radius 1 is 1.00 bits per heavy atom. The van der Waals surface area contributed by atoms with Crippen molar-refractivity contribution in [2.75, 3.05) is 19.8 Å². The van der Waals surface area contributed by atoms with E-state index in [2.05, 4.69) is 51.1 Å². The van der Waals surface area contributed by atoms with Crippen LogP contribution in [0.2, 0.25) is 0 Å². The number of benzene rings is 2. The number of hydrogen-bond acceptors (Lipinski definition) is 3. The van der Waals surface area contributed by atoms with E-state index in [4.69, 9.17) is 15.2 Å². The molecule has 0 saturated heterocycles. The molecule has 2 rings (SSSR count). The maximum Gasteiger partial charge on any atom is 0.119 e. The standard InChI is InChI=1S/C22H31NO2/c1-5-24-21-9-10-22(17(4)11-21)19(14-23)12-18-7-6-8-20(13-18)25-15-16(2)3/h6-11,13,16,19H,5,12,14-15,23H2,1-4H3. The van der Waals surface area contributed by atoms with Gasteiger partial charge in [-0.15, -0.1) is 0 Å². The zero-order valence-electron chi connectivity index (χ0n) is 15.9. The summed E-state index contributed by atoms with van der Waals surface area (Å²) in [4.78, 5) is 0. The van der Waals surface area contributed by atoms with Gasteiger partial charge >= 0.3 is 0 Å². The molecule has 0 fully saturated rings. The van der Waals surface area contributed by atoms with Gasteiger partial charge in [0.15, 0.2) is 0 Å². The number of aryl methyl sites for hydroxylation is 1. The van der Waals surface area contributed by atoms with Crippen molar-refractivity contribution in [1.29, 1.82) is 0 Å². The largest absolute Gasteiger partial charge is 0.494 e. The summed E-state index contributed by atoms with van der Waals surface area (Å²) in [6.07, 6.45) is 0.907. The average Bonchev–Trinajstić information content (AvgIpc) is 2.59. The fourth-order valence-corrected chi connectivity index (χ4v) is 2.99. The lowest BCUT2D eigenvalue weighted by Crippen LogP contribution is -2.16. The first-order chi connectivity index (χ1) is 12.0. The maximum atomic E-state index is 6.09. The van der Waals surface area contributed by atoms with Crippen LogP contribution in [0.5, 0.6) is 11.5 Å². The topological polar surface area (TPSA) is 44.5 Å². The van der Waals surface area contributed by atoms with Crippen LogP contribution >= 0.6 is 0 Å². The van der Waals surface area contributed by atoms with Gasteiger partial charge in [-0.2, -0.15) is 0 Å². The Hall–Kier alpha value is -2.00. The molecule has 0 bridgehead atoms. The van der Waals surface area contributed by atoms with E-state index in [1.165, 1.54) is 16.7 Å². The molecule has 0 radical (unpaired) electrons. The lowest BCUT2D eigenvalue weighted by Gasteiger charge is -2.19. The van der Waals surface area contributed by atoms with Crippen LogP contribution < -0.4 is 15.2 Å². The smallest absolute Gasteiger partial charge is 0.119 e. The average molecular weight is 341 g/mol. The van der Waals surface area contributed by atoms with Gasteiger partial charge in [-0.25, -0.2) is 0 Å². The molecule has 136 valence electrons. The van der Waals surface area contributed by atoms with Crippen LogP contribution in [-0.2, 0) is 6.42 Å². The fourth-order valence-electron chi connectivity index (χ4n) is 2.99. The molecular weight excluding hydrogens is 310 g/mol. The molecule has 0 spiro atoms. The van der Waals surface area contributed by atoms with Crippen molar-refractivity contribution in [2.45, 2.75) is 40.0 Å². The first kappa shape index (κ1) is 19.3. The van der Waals surface area contributed by atoms with Crippen LogP contribution in [0.3, 0.4) is 0 Å². The summed E-state index contributed by atoms with van der Waals surface area (Å²) in [5.74, 6) is 2.66. The third-order valence-electron chi connectivity index (χ3n) is 4.24. The van der Waals surface area contributed by atoms with Crippen molar-refractivity contribution >= 4 is 0 Å². The highest BCUT2D eigenvalue weighted by Gasteiger charge is 2.14. The quantitative estimate of drug-likeness (QED) is 0.718. The van der Waals surface area contributed by atoms with Crippen molar-refractivity contribution in [3.05, 3.63) is 59.2 Å². The second-order valence-corrected chi connectivity index (χ2v) is 6.94. The van der Waals surface area contributed by atoms with Crippen molar-refractivity contribution in [1.82, 2.24) is 0 Å². The van der Waals surface area contributed by atoms with Crippen LogP contribution in [-0.4, -0.2) is 19.8 Å². The molecule has 0 aliphatic rings. The Balaban J connectivity index is 2.13. The second-order valence-electron chi connectivity index (χ2n) is 6.94. The van der Waals surface area contributed by atoms with Gasteiger partial charge < -0.3 is 15.2 Å². The third kappa shape index (κ3) is 5.79. The summed E-state index contributed by atoms with van der Waals surface area (Å²) in [7, 11) is 0. The zero-order chi connectivity index (χ0) is 18.2. The lowest BCUT2D eigenvalue weighted by molar-refractivity contribution is 0.271. The molecule has 1 atom stereocenters. The number of nitrogens with two attached hydrogens (primary N) is 1. The lowest BCUT2D eigenvalue weighted by atomic mass is 9.89. The molecule has 0 aliphatic carbocycles. The van der Waals surface area contributed by atoms with E-state index in [1.54, 1.807) is 0 Å². The minimum Gasteiger partial charge on any atom is -0.494 e. The normalized spacial score (nSPS) is 12.2. The van der Waals surface area contributed by atoms with Gasteiger partial charge in [0, 0.05) is 5.92 Å². The first-order valence-electron chi connectivity index (χ1n) is 9.18. The van der Waals surface area contributed by atoms with Crippen molar-refractivity contribution < 1.29 is 9.47 Å². The molecule has 1 unspecified atom stereocenters. The Morgan fingerprint density at radius 3 is 2.40 bits per heavy atom. The van der Waals surface area contributed by atoms with E-state index in [1.807, 2.05) is 19.1 Å². The minimum absolute atomic E-state index is 0.288. The second kappa shape index (κ2) is 9.47. The van der Waals surface area contributed by atoms with E-state index < -0.39 is 0 Å². The molecule has 0 aliphatic heterocycles. The third-order valence-corrected chi connectivity index (χ3v) is 4.24. The van der Waals surface area contributed by atoms with E-state index in [9.17, 15) is 0 Å². The molecule has 0 saturated carbocycles. The van der Waals surface area contributed by atoms with Crippen molar-refractivity contribution in [3.8, 4) is 11.5 Å². The van der Waals surface area contributed by atoms with Crippen LogP contribution in [0.4, 0.5) is 0 Å². The van der Waals surface area contributed by atoms with Gasteiger partial charge in [-0.3, -0.25) is 0 Å². The predicted octanol–water partition coefficient (Wildman–Crippen LogP) is 4.71. The van der Waals surface area contributed by atoms with Gasteiger partial charge in [0.05, 0.1) is 13.2 Å². The monoisotopic (exact) mass is 341 g/mol. The zero-order valence-corrected chi connectivity index (χ0v) is 15.9. The van der Waals surface area contributed by atoms with Gasteiger partial charge in [-0.05, 0) is 73.7 Å². The molecule has 0 amide bonds. The molecular formula is C22H31NO2. The highest BCUT2D eigenvalue weighted by Crippen LogP contribution is 2.27. The number of rotatable bonds is 9. The number of hydrogen-bond donors (Lipinski definition) is 1. The molecule has 3 nitrogen and oxygen atoms in total. The number of ether oxygens (including phenoxy) is 2. The fraction of sp³-hybridized carbons (Fsp3) is 0.455. The van der Waals surface area contributed by atoms with Crippen molar-refractivity contribution in [2.24, 2.45) is 11.7 Å². The molecule has 0 aromatic heterocycles. The van der Waals surface area contributed by atoms with Crippen LogP contribution in [0, 0.1) is 12.8 Å². The highest BCUT2D eigenvalue weighted by atomic mass is 16.5. The molecule has 25 heavy (non-hydrogen) atoms. The molecule has 3 heteroatoms. The van der Waals surface area contributed by atoms with E-state index in [-0.39, 0.29) is 5.92 Å². The first-order valence-corrected chi connectivity index (χ1v) is 9.18. The summed E-state index contributed by atoms with van der Waals surface area (Å²) in [5.41, 5.74) is 9.87. The maximum absolute atomic E-state index is 6.09. The van der Waals surface area contributed by atoms with Gasteiger partial charge in [-0.1, -0.05) is 32.0 Å². The Kier molecular flexibility index (Phi) is 7.32. The summed E-state index contributed by atoms with van der Waals surface area (Å²) in [6, 6.07) is 14.6. The summed E-state index contributed by atoms with van der Waals surface area (Å²) >= 11 is 0. The Bertz CT molecular complexity index is 667. The van der Waals surface area contributed by atoms with E-state index in [0.717, 1.165) is 24.5 Å². The Morgan fingerprint density at radius 2 is 1.76 bits per heavy atom. The predicted molar refractivity (Wildman–Crippen MR) is 105 cm³/mol. The van der Waals surface area contributed by atoms with Gasteiger partial charge in [0.25, 0.3) is 0 Å². The SMILES string of the molecule is CCOc1ccc(C(CN)Cc2cccc(OCC(C)C)c2)c(C)c1. The minimum atomic E-state index is 0.288. The molecule has 2 aromatic rings. The van der Waals surface area contributed by atoms with E-state index in [0.29, 0.717) is 19.1 Å². The van der Waals surface area contributed by atoms with Gasteiger partial charge in [0.2, 0.25) is 0 Å². The summed E-state index contributed by atoms with van der Waals surface area (Å²) < 4.78 is 11.4. The molecule has 2 N–H and O–H groups in total. The van der Waals surface area contributed by atoms with E-state index >= 15 is 0 Å². The molecule has 2 aromatic carbocycles. The van der Waals surface area contributed by atoms with Crippen molar-refractivity contribution in [3.63, 3.8) is 0 Å². The molecule has 0 heterocycles. The summed E-state index contributed by atoms with van der Waals surface area (Å²) in [6.45, 7) is 10.5. The highest BCUT2D eigenvalue weighted by molar-refractivity contribution is 5.38. The van der Waals surface area contributed by atoms with Crippen LogP contribution in [0.25, 0.3) is 0 Å². The van der Waals surface area contributed by atoms with Crippen LogP contribution in [0.15, 0.2) is 42.5 Å². The van der Waals surface area contributed by atoms with Gasteiger partial charge in [0.1, 0.15) is 11.5 Å². The Labute approximate surface area is 152 Å². The summed E-state index contributed by atoms with van der Waals surface area (Å²) in [5, 5.41) is 0.